The lowest BCUT2D eigenvalue weighted by molar-refractivity contribution is 0.000333. The fourth-order valence-corrected chi connectivity index (χ4v) is 3.42. The van der Waals surface area contributed by atoms with E-state index in [-0.39, 0.29) is 11.9 Å². The summed E-state index contributed by atoms with van der Waals surface area (Å²) in [7, 11) is 0. The summed E-state index contributed by atoms with van der Waals surface area (Å²) in [5.74, 6) is 1.15. The Bertz CT molecular complexity index is 1000. The number of imidazole rings is 1. The van der Waals surface area contributed by atoms with Crippen LogP contribution in [0.2, 0.25) is 0 Å². The molecule has 1 aliphatic heterocycles. The highest BCUT2D eigenvalue weighted by Gasteiger charge is 2.29. The van der Waals surface area contributed by atoms with E-state index in [0.717, 1.165) is 13.1 Å². The molecule has 4 N–H and O–H groups in total. The molecule has 0 aromatic carbocycles. The molecule has 1 aliphatic rings. The summed E-state index contributed by atoms with van der Waals surface area (Å²) in [6.45, 7) is 8.42. The van der Waals surface area contributed by atoms with E-state index >= 15 is 0 Å². The van der Waals surface area contributed by atoms with Gasteiger partial charge >= 0.3 is 0 Å². The Morgan fingerprint density at radius 2 is 2.24 bits per heavy atom. The number of aryl methyl sites for hydroxylation is 1. The molecule has 1 saturated heterocycles. The van der Waals surface area contributed by atoms with Crippen molar-refractivity contribution in [2.75, 3.05) is 32.0 Å². The molecule has 0 saturated carbocycles. The fourth-order valence-electron chi connectivity index (χ4n) is 3.42. The van der Waals surface area contributed by atoms with Crippen LogP contribution in [0.3, 0.4) is 0 Å². The number of hydrogen-bond acceptors (Lipinski definition) is 10. The third-order valence-corrected chi connectivity index (χ3v) is 4.79. The van der Waals surface area contributed by atoms with E-state index < -0.39 is 5.60 Å². The first-order chi connectivity index (χ1) is 13.9. The third-order valence-electron chi connectivity index (χ3n) is 4.79. The van der Waals surface area contributed by atoms with Gasteiger partial charge in [0.05, 0.1) is 18.5 Å². The first-order valence-electron chi connectivity index (χ1n) is 9.55. The predicted octanol–water partition coefficient (Wildman–Crippen LogP) is 0.678. The molecular formula is C18H25N7O4. The Balaban J connectivity index is 1.83. The van der Waals surface area contributed by atoms with Crippen molar-refractivity contribution in [2.24, 2.45) is 0 Å². The molecule has 0 unspecified atom stereocenters. The maximum atomic E-state index is 10.6. The number of hydrogen-bond donors (Lipinski definition) is 3. The molecule has 3 aromatic rings. The lowest BCUT2D eigenvalue weighted by Gasteiger charge is -2.24. The second-order valence-corrected chi connectivity index (χ2v) is 7.41. The Labute approximate surface area is 167 Å². The summed E-state index contributed by atoms with van der Waals surface area (Å²) in [4.78, 5) is 9.12. The summed E-state index contributed by atoms with van der Waals surface area (Å²) >= 11 is 0. The van der Waals surface area contributed by atoms with Crippen LogP contribution >= 0.6 is 0 Å². The van der Waals surface area contributed by atoms with Crippen LogP contribution in [0.1, 0.15) is 26.5 Å². The summed E-state index contributed by atoms with van der Waals surface area (Å²) in [5, 5.41) is 21.4. The highest BCUT2D eigenvalue weighted by molar-refractivity contribution is 5.88. The van der Waals surface area contributed by atoms with Gasteiger partial charge < -0.3 is 30.2 Å². The molecule has 1 atom stereocenters. The number of nitrogen functional groups attached to an aromatic ring is 1. The van der Waals surface area contributed by atoms with E-state index in [2.05, 4.69) is 25.6 Å². The van der Waals surface area contributed by atoms with Gasteiger partial charge in [0.25, 0.3) is 0 Å². The lowest BCUT2D eigenvalue weighted by Crippen LogP contribution is -2.41. The molecule has 0 bridgehead atoms. The average molecular weight is 403 g/mol. The highest BCUT2D eigenvalue weighted by atomic mass is 16.6. The van der Waals surface area contributed by atoms with Gasteiger partial charge in [-0.3, -0.25) is 4.98 Å². The molecule has 0 amide bonds. The van der Waals surface area contributed by atoms with Crippen LogP contribution in [0.5, 0.6) is 5.75 Å². The monoisotopic (exact) mass is 403 g/mol. The van der Waals surface area contributed by atoms with Gasteiger partial charge in [-0.1, -0.05) is 0 Å². The number of pyridine rings is 1. The first-order valence-corrected chi connectivity index (χ1v) is 9.55. The standard InChI is InChI=1S/C18H25N7O4/c1-4-25-14-11(28-9-10-7-20-5-6-27-10)8-21-15(18(2,3)26)12(14)22-17(25)13-16(19)24-29-23-13/h8,10,20,26H,4-7,9H2,1-3H3,(H2,19,24)/t10-/m0/s1. The minimum Gasteiger partial charge on any atom is -0.487 e. The van der Waals surface area contributed by atoms with Crippen molar-refractivity contribution in [3.63, 3.8) is 0 Å². The van der Waals surface area contributed by atoms with Crippen molar-refractivity contribution in [1.29, 1.82) is 0 Å². The van der Waals surface area contributed by atoms with Gasteiger partial charge in [0.2, 0.25) is 0 Å². The Kier molecular flexibility index (Phi) is 5.11. The fraction of sp³-hybridized carbons (Fsp3) is 0.556. The number of fused-ring (bicyclic) bond motifs is 1. The average Bonchev–Trinajstić information content (AvgIpc) is 3.29. The Morgan fingerprint density at radius 1 is 1.41 bits per heavy atom. The zero-order valence-corrected chi connectivity index (χ0v) is 16.7. The second kappa shape index (κ2) is 7.58. The zero-order valence-electron chi connectivity index (χ0n) is 16.7. The van der Waals surface area contributed by atoms with Gasteiger partial charge in [-0.15, -0.1) is 0 Å². The minimum absolute atomic E-state index is 0.0550. The number of nitrogens with one attached hydrogen (secondary N) is 1. The van der Waals surface area contributed by atoms with Crippen molar-refractivity contribution in [2.45, 2.75) is 39.0 Å². The molecule has 11 heteroatoms. The molecule has 4 rings (SSSR count). The minimum atomic E-state index is -1.20. The van der Waals surface area contributed by atoms with E-state index in [1.54, 1.807) is 20.0 Å². The van der Waals surface area contributed by atoms with Crippen LogP contribution in [-0.2, 0) is 16.9 Å². The molecule has 0 spiro atoms. The molecule has 0 radical (unpaired) electrons. The van der Waals surface area contributed by atoms with Gasteiger partial charge in [-0.25, -0.2) is 9.61 Å². The Morgan fingerprint density at radius 3 is 2.86 bits per heavy atom. The maximum Gasteiger partial charge on any atom is 0.199 e. The van der Waals surface area contributed by atoms with Crippen LogP contribution in [-0.4, -0.2) is 62.4 Å². The van der Waals surface area contributed by atoms with Crippen molar-refractivity contribution in [3.8, 4) is 17.3 Å². The van der Waals surface area contributed by atoms with Gasteiger partial charge in [0.15, 0.2) is 23.1 Å². The molecule has 3 aromatic heterocycles. The van der Waals surface area contributed by atoms with Crippen LogP contribution in [0, 0.1) is 0 Å². The van der Waals surface area contributed by atoms with E-state index in [0.29, 0.717) is 53.8 Å². The Hall–Kier alpha value is -2.76. The predicted molar refractivity (Wildman–Crippen MR) is 104 cm³/mol. The third kappa shape index (κ3) is 3.63. The van der Waals surface area contributed by atoms with Gasteiger partial charge in [-0.05, 0) is 31.1 Å². The summed E-state index contributed by atoms with van der Waals surface area (Å²) in [6, 6.07) is 0. The van der Waals surface area contributed by atoms with E-state index in [9.17, 15) is 5.11 Å². The smallest absolute Gasteiger partial charge is 0.199 e. The summed E-state index contributed by atoms with van der Waals surface area (Å²) in [5.41, 5.74) is 6.66. The number of nitrogens with two attached hydrogens (primary N) is 1. The van der Waals surface area contributed by atoms with Crippen LogP contribution in [0.15, 0.2) is 10.8 Å². The molecule has 156 valence electrons. The lowest BCUT2D eigenvalue weighted by atomic mass is 10.0. The highest BCUT2D eigenvalue weighted by Crippen LogP contribution is 2.36. The molecule has 0 aliphatic carbocycles. The quantitative estimate of drug-likeness (QED) is 0.537. The summed E-state index contributed by atoms with van der Waals surface area (Å²) in [6.07, 6.45) is 1.55. The van der Waals surface area contributed by atoms with Crippen molar-refractivity contribution in [1.82, 2.24) is 30.2 Å². The number of ether oxygens (including phenoxy) is 2. The number of aromatic nitrogens is 5. The number of morpholine rings is 1. The van der Waals surface area contributed by atoms with E-state index in [4.69, 9.17) is 19.8 Å². The van der Waals surface area contributed by atoms with Gasteiger partial charge in [-0.2, -0.15) is 0 Å². The van der Waals surface area contributed by atoms with Crippen molar-refractivity contribution < 1.29 is 19.2 Å². The normalized spacial score (nSPS) is 17.7. The molecule has 1 fully saturated rings. The largest absolute Gasteiger partial charge is 0.487 e. The number of rotatable bonds is 6. The van der Waals surface area contributed by atoms with Gasteiger partial charge in [0.1, 0.15) is 29.3 Å². The topological polar surface area (TPSA) is 146 Å². The van der Waals surface area contributed by atoms with Crippen molar-refractivity contribution >= 4 is 16.9 Å². The van der Waals surface area contributed by atoms with Gasteiger partial charge in [0, 0.05) is 19.6 Å². The van der Waals surface area contributed by atoms with E-state index in [1.165, 1.54) is 0 Å². The number of anilines is 1. The molecule has 11 nitrogen and oxygen atoms in total. The zero-order chi connectivity index (χ0) is 20.6. The second-order valence-electron chi connectivity index (χ2n) is 7.41. The van der Waals surface area contributed by atoms with Crippen molar-refractivity contribution in [3.05, 3.63) is 11.9 Å². The SMILES string of the molecule is CCn1c(-c2nonc2N)nc2c(C(C)(C)O)ncc(OC[C@@H]3CNCCO3)c21. The van der Waals surface area contributed by atoms with Crippen LogP contribution in [0.25, 0.3) is 22.6 Å². The van der Waals surface area contributed by atoms with E-state index in [1.807, 2.05) is 11.5 Å². The number of aliphatic hydroxyl groups is 1. The summed E-state index contributed by atoms with van der Waals surface area (Å²) < 4.78 is 18.4. The number of nitrogens with zero attached hydrogens (tertiary/aromatic N) is 5. The molecule has 29 heavy (non-hydrogen) atoms. The maximum absolute atomic E-state index is 10.6. The van der Waals surface area contributed by atoms with Crippen LogP contribution < -0.4 is 15.8 Å². The molecular weight excluding hydrogens is 378 g/mol. The first kappa shape index (κ1) is 19.6. The van der Waals surface area contributed by atoms with Crippen LogP contribution in [0.4, 0.5) is 5.82 Å². The molecule has 4 heterocycles.